The summed E-state index contributed by atoms with van der Waals surface area (Å²) in [6, 6.07) is 28.6. The Labute approximate surface area is 234 Å². The molecule has 0 aromatic heterocycles. The number of fused-ring (bicyclic) bond motifs is 8. The third kappa shape index (κ3) is 3.42. The molecule has 2 heterocycles. The van der Waals surface area contributed by atoms with Crippen molar-refractivity contribution in [1.82, 2.24) is 5.32 Å². The van der Waals surface area contributed by atoms with Gasteiger partial charge in [-0.2, -0.15) is 0 Å². The van der Waals surface area contributed by atoms with E-state index in [0.717, 1.165) is 29.9 Å². The Morgan fingerprint density at radius 1 is 0.800 bits per heavy atom. The van der Waals surface area contributed by atoms with Crippen LogP contribution in [0.4, 0.5) is 0 Å². The molecule has 1 N–H and O–H groups in total. The highest BCUT2D eigenvalue weighted by Gasteiger charge is 2.46. The SMILES string of the molecule is C=C1/C=C\C=CC2(C3=CCCC=C3Oc3ccc(C4C=c5cc6ccccc6cc5=CN4)cc32)c2ccccc21. The van der Waals surface area contributed by atoms with Gasteiger partial charge in [-0.15, -0.1) is 0 Å². The summed E-state index contributed by atoms with van der Waals surface area (Å²) in [5.41, 5.74) is 6.55. The molecule has 0 radical (unpaired) electrons. The maximum Gasteiger partial charge on any atom is 0.132 e. The van der Waals surface area contributed by atoms with Gasteiger partial charge in [0.2, 0.25) is 0 Å². The molecule has 1 spiro atoms. The molecule has 192 valence electrons. The van der Waals surface area contributed by atoms with Gasteiger partial charge in [-0.05, 0) is 92.7 Å². The second kappa shape index (κ2) is 8.86. The van der Waals surface area contributed by atoms with Gasteiger partial charge in [-0.25, -0.2) is 0 Å². The Balaban J connectivity index is 1.35. The fourth-order valence-corrected chi connectivity index (χ4v) is 6.78. The minimum Gasteiger partial charge on any atom is -0.457 e. The first-order chi connectivity index (χ1) is 19.7. The van der Waals surface area contributed by atoms with Crippen LogP contribution in [0.25, 0.3) is 28.6 Å². The third-order valence-corrected chi connectivity index (χ3v) is 8.71. The van der Waals surface area contributed by atoms with Crippen LogP contribution in [-0.4, -0.2) is 0 Å². The van der Waals surface area contributed by atoms with Crippen LogP contribution >= 0.6 is 0 Å². The van der Waals surface area contributed by atoms with Crippen molar-refractivity contribution in [3.8, 4) is 5.75 Å². The Hall–Kier alpha value is -4.82. The van der Waals surface area contributed by atoms with Crippen molar-refractivity contribution >= 4 is 28.6 Å². The van der Waals surface area contributed by atoms with E-state index in [1.165, 1.54) is 49.0 Å². The van der Waals surface area contributed by atoms with E-state index in [4.69, 9.17) is 4.74 Å². The van der Waals surface area contributed by atoms with Crippen LogP contribution in [0, 0.1) is 0 Å². The van der Waals surface area contributed by atoms with Gasteiger partial charge in [-0.1, -0.05) is 91.6 Å². The zero-order valence-electron chi connectivity index (χ0n) is 22.2. The van der Waals surface area contributed by atoms with Gasteiger partial charge in [0.25, 0.3) is 0 Å². The first-order valence-electron chi connectivity index (χ1n) is 14.1. The minimum absolute atomic E-state index is 0.0518. The molecular formula is C38H29NO. The second-order valence-corrected chi connectivity index (χ2v) is 11.0. The van der Waals surface area contributed by atoms with Gasteiger partial charge in [0.1, 0.15) is 11.5 Å². The van der Waals surface area contributed by atoms with Crippen LogP contribution in [0.3, 0.4) is 0 Å². The van der Waals surface area contributed by atoms with Crippen molar-refractivity contribution in [3.63, 3.8) is 0 Å². The first-order valence-corrected chi connectivity index (χ1v) is 14.1. The Morgan fingerprint density at radius 3 is 2.50 bits per heavy atom. The number of hydrogen-bond acceptors (Lipinski definition) is 2. The van der Waals surface area contributed by atoms with Crippen LogP contribution < -0.4 is 20.5 Å². The van der Waals surface area contributed by atoms with Crippen molar-refractivity contribution in [2.24, 2.45) is 0 Å². The predicted molar refractivity (Wildman–Crippen MR) is 165 cm³/mol. The lowest BCUT2D eigenvalue weighted by molar-refractivity contribution is 0.384. The number of hydrogen-bond donors (Lipinski definition) is 1. The molecule has 2 heteroatoms. The Morgan fingerprint density at radius 2 is 1.60 bits per heavy atom. The maximum atomic E-state index is 6.60. The Kier molecular flexibility index (Phi) is 5.12. The number of ether oxygens (including phenoxy) is 1. The minimum atomic E-state index is -0.480. The zero-order valence-corrected chi connectivity index (χ0v) is 22.2. The van der Waals surface area contributed by atoms with Gasteiger partial charge < -0.3 is 10.1 Å². The van der Waals surface area contributed by atoms with Gasteiger partial charge >= 0.3 is 0 Å². The number of benzene rings is 4. The van der Waals surface area contributed by atoms with Crippen LogP contribution in [-0.2, 0) is 5.41 Å². The smallest absolute Gasteiger partial charge is 0.132 e. The van der Waals surface area contributed by atoms with Crippen LogP contribution in [0.1, 0.15) is 41.1 Å². The van der Waals surface area contributed by atoms with E-state index in [1.807, 2.05) is 0 Å². The van der Waals surface area contributed by atoms with Crippen molar-refractivity contribution in [2.45, 2.75) is 24.3 Å². The van der Waals surface area contributed by atoms with E-state index in [2.05, 4.69) is 139 Å². The molecule has 2 unspecified atom stereocenters. The molecule has 2 aliphatic carbocycles. The van der Waals surface area contributed by atoms with E-state index < -0.39 is 5.41 Å². The lowest BCUT2D eigenvalue weighted by atomic mass is 9.63. The highest BCUT2D eigenvalue weighted by Crippen LogP contribution is 2.54. The van der Waals surface area contributed by atoms with Crippen molar-refractivity contribution in [1.29, 1.82) is 0 Å². The summed E-state index contributed by atoms with van der Waals surface area (Å²) in [4.78, 5) is 0. The summed E-state index contributed by atoms with van der Waals surface area (Å²) >= 11 is 0. The summed E-state index contributed by atoms with van der Waals surface area (Å²) in [5.74, 6) is 1.88. The van der Waals surface area contributed by atoms with E-state index in [1.54, 1.807) is 0 Å². The molecule has 0 bridgehead atoms. The molecule has 0 saturated heterocycles. The zero-order chi connectivity index (χ0) is 26.7. The molecular weight excluding hydrogens is 486 g/mol. The summed E-state index contributed by atoms with van der Waals surface area (Å²) in [5, 5.41) is 8.66. The topological polar surface area (TPSA) is 21.3 Å². The van der Waals surface area contributed by atoms with E-state index in [0.29, 0.717) is 0 Å². The third-order valence-electron chi connectivity index (χ3n) is 8.71. The molecule has 2 nitrogen and oxygen atoms in total. The van der Waals surface area contributed by atoms with E-state index in [9.17, 15) is 0 Å². The van der Waals surface area contributed by atoms with E-state index >= 15 is 0 Å². The summed E-state index contributed by atoms with van der Waals surface area (Å²) < 4.78 is 6.60. The van der Waals surface area contributed by atoms with Gasteiger partial charge in [0.05, 0.1) is 11.5 Å². The van der Waals surface area contributed by atoms with E-state index in [-0.39, 0.29) is 6.04 Å². The lowest BCUT2D eigenvalue weighted by Gasteiger charge is -2.43. The molecule has 40 heavy (non-hydrogen) atoms. The summed E-state index contributed by atoms with van der Waals surface area (Å²) in [6.45, 7) is 4.42. The fraction of sp³-hybridized carbons (Fsp3) is 0.105. The molecule has 0 fully saturated rings. The fourth-order valence-electron chi connectivity index (χ4n) is 6.78. The van der Waals surface area contributed by atoms with Gasteiger partial charge in [0.15, 0.2) is 0 Å². The number of rotatable bonds is 1. The van der Waals surface area contributed by atoms with Crippen molar-refractivity contribution in [3.05, 3.63) is 166 Å². The van der Waals surface area contributed by atoms with Crippen LogP contribution in [0.15, 0.2) is 133 Å². The van der Waals surface area contributed by atoms with Crippen LogP contribution in [0.2, 0.25) is 0 Å². The van der Waals surface area contributed by atoms with Crippen molar-refractivity contribution < 1.29 is 4.74 Å². The summed E-state index contributed by atoms with van der Waals surface area (Å²) in [6.07, 6.45) is 19.9. The molecule has 4 aromatic carbocycles. The standard InChI is InChI=1S/C38H29NO/c1-25-10-8-9-19-38(32-14-5-4-13-31(25)32)33-15-6-7-16-36(33)40-37-18-17-28(22-34(37)38)35-23-29-20-26-11-2-3-12-27(26)21-30(29)24-39-35/h2-5,8-24,35,39H,1,6-7H2/b10-8-,19-9?. The number of allylic oxidation sites excluding steroid dienone is 8. The lowest BCUT2D eigenvalue weighted by Crippen LogP contribution is -2.37. The maximum absolute atomic E-state index is 6.60. The molecule has 2 aliphatic heterocycles. The largest absolute Gasteiger partial charge is 0.457 e. The molecule has 8 rings (SSSR count). The molecule has 4 aliphatic rings. The normalized spacial score (nSPS) is 22.9. The monoisotopic (exact) mass is 515 g/mol. The van der Waals surface area contributed by atoms with Gasteiger partial charge in [-0.3, -0.25) is 0 Å². The van der Waals surface area contributed by atoms with Crippen molar-refractivity contribution in [2.75, 3.05) is 0 Å². The molecule has 0 saturated carbocycles. The second-order valence-electron chi connectivity index (χ2n) is 11.0. The predicted octanol–water partition coefficient (Wildman–Crippen LogP) is 7.12. The molecule has 2 atom stereocenters. The Bertz CT molecular complexity index is 1990. The number of nitrogens with one attached hydrogen (secondary N) is 1. The average molecular weight is 516 g/mol. The highest BCUT2D eigenvalue weighted by molar-refractivity contribution is 5.83. The van der Waals surface area contributed by atoms with Gasteiger partial charge in [0, 0.05) is 17.3 Å². The quantitative estimate of drug-likeness (QED) is 0.291. The molecule has 0 amide bonds. The summed E-state index contributed by atoms with van der Waals surface area (Å²) in [7, 11) is 0. The average Bonchev–Trinajstić information content (AvgIpc) is 3.00. The molecule has 4 aromatic rings. The first kappa shape index (κ1) is 23.1. The van der Waals surface area contributed by atoms with Crippen LogP contribution in [0.5, 0.6) is 5.75 Å². The highest BCUT2D eigenvalue weighted by atomic mass is 16.5.